The number of aliphatic imine (C=N–C) groups is 1. The second-order valence-corrected chi connectivity index (χ2v) is 10.1. The Morgan fingerprint density at radius 3 is 2.67 bits per heavy atom. The molecule has 18 heteroatoms. The van der Waals surface area contributed by atoms with Crippen molar-refractivity contribution in [2.24, 2.45) is 10.9 Å². The molecule has 0 bridgehead atoms. The molecule has 2 aliphatic rings. The normalized spacial score (nSPS) is 19.3. The third kappa shape index (κ3) is 6.37. The van der Waals surface area contributed by atoms with Crippen LogP contribution in [0.1, 0.15) is 65.2 Å². The van der Waals surface area contributed by atoms with E-state index in [2.05, 4.69) is 35.3 Å². The molecule has 3 amide bonds. The Balaban J connectivity index is 1.46. The van der Waals surface area contributed by atoms with Gasteiger partial charge in [0.25, 0.3) is 5.91 Å². The van der Waals surface area contributed by atoms with Gasteiger partial charge in [0.2, 0.25) is 5.92 Å². The molecule has 3 aromatic rings. The zero-order valence-corrected chi connectivity index (χ0v) is 22.4. The number of hydrogen-bond acceptors (Lipinski definition) is 8. The number of nitrogens with one attached hydrogen (secondary N) is 1. The minimum Gasteiger partial charge on any atom is -0.382 e. The number of hydrogen-bond donors (Lipinski definition) is 1. The van der Waals surface area contributed by atoms with Crippen molar-refractivity contribution in [3.05, 3.63) is 47.4 Å². The first-order chi connectivity index (χ1) is 20.4. The smallest absolute Gasteiger partial charge is 0.382 e. The molecule has 2 atom stereocenters. The molecule has 4 heterocycles. The standard InChI is InChI=1S/C25H24F6N8O4/c1-42-12-17(38-11-18(25(29,30)31)34-23(38)41)14-8-19-33-16(10-39(19)32-9-14)20(13-2-5-24(27,28)6-3-13)35-22(40)21-15(4-7-26)36-43-37-21/h4,7-10,13,17,20H,2-3,5-6,11-12H2,1H3,(H,35,40)/b7-4-/t17-,20+/m1/s1. The zero-order chi connectivity index (χ0) is 30.9. The monoisotopic (exact) mass is 614 g/mol. The number of carbonyl (C=O) groups excluding carboxylic acids is 2. The number of methoxy groups -OCH3 is 1. The fourth-order valence-electron chi connectivity index (χ4n) is 5.17. The highest BCUT2D eigenvalue weighted by molar-refractivity contribution is 6.05. The molecule has 5 rings (SSSR count). The van der Waals surface area contributed by atoms with Gasteiger partial charge in [-0.1, -0.05) is 0 Å². The first kappa shape index (κ1) is 30.1. The van der Waals surface area contributed by atoms with Crippen molar-refractivity contribution in [1.82, 2.24) is 35.1 Å². The van der Waals surface area contributed by atoms with E-state index in [0.29, 0.717) is 5.56 Å². The van der Waals surface area contributed by atoms with Crippen LogP contribution >= 0.6 is 0 Å². The molecule has 1 aliphatic heterocycles. The lowest BCUT2D eigenvalue weighted by Crippen LogP contribution is -2.37. The third-order valence-corrected chi connectivity index (χ3v) is 7.36. The second-order valence-electron chi connectivity index (χ2n) is 10.1. The lowest BCUT2D eigenvalue weighted by Gasteiger charge is -2.33. The van der Waals surface area contributed by atoms with Gasteiger partial charge in [0.15, 0.2) is 11.3 Å². The molecule has 230 valence electrons. The molecule has 0 saturated heterocycles. The first-order valence-corrected chi connectivity index (χ1v) is 13.0. The molecule has 1 fully saturated rings. The van der Waals surface area contributed by atoms with E-state index in [1.165, 1.54) is 30.1 Å². The Hall–Kier alpha value is -4.35. The molecule has 43 heavy (non-hydrogen) atoms. The number of alkyl halides is 5. The Labute approximate surface area is 238 Å². The quantitative estimate of drug-likeness (QED) is 0.348. The Morgan fingerprint density at radius 2 is 2.02 bits per heavy atom. The van der Waals surface area contributed by atoms with Crippen molar-refractivity contribution in [3.8, 4) is 0 Å². The maximum absolute atomic E-state index is 14.0. The number of ether oxygens (including phenoxy) is 1. The molecular formula is C25H24F6N8O4. The van der Waals surface area contributed by atoms with Gasteiger partial charge in [-0.05, 0) is 41.2 Å². The van der Waals surface area contributed by atoms with Gasteiger partial charge in [0.1, 0.15) is 11.4 Å². The van der Waals surface area contributed by atoms with Gasteiger partial charge in [-0.25, -0.2) is 32.1 Å². The second kappa shape index (κ2) is 11.7. The summed E-state index contributed by atoms with van der Waals surface area (Å²) in [5, 5.41) is 14.0. The van der Waals surface area contributed by atoms with Gasteiger partial charge in [0.05, 0.1) is 49.7 Å². The summed E-state index contributed by atoms with van der Waals surface area (Å²) in [5.74, 6) is -4.14. The zero-order valence-electron chi connectivity index (χ0n) is 22.4. The molecule has 0 unspecified atom stereocenters. The van der Waals surface area contributed by atoms with Gasteiger partial charge in [0, 0.05) is 25.5 Å². The number of carbonyl (C=O) groups is 2. The number of imidazole rings is 1. The topological polar surface area (TPSA) is 140 Å². The molecule has 0 spiro atoms. The van der Waals surface area contributed by atoms with Gasteiger partial charge >= 0.3 is 12.2 Å². The summed E-state index contributed by atoms with van der Waals surface area (Å²) in [4.78, 5) is 34.0. The highest BCUT2D eigenvalue weighted by Crippen LogP contribution is 2.41. The van der Waals surface area contributed by atoms with Crippen LogP contribution in [0.5, 0.6) is 0 Å². The summed E-state index contributed by atoms with van der Waals surface area (Å²) in [7, 11) is 1.32. The summed E-state index contributed by atoms with van der Waals surface area (Å²) in [6, 6.07) is -1.50. The van der Waals surface area contributed by atoms with E-state index in [1.54, 1.807) is 0 Å². The summed E-state index contributed by atoms with van der Waals surface area (Å²) in [5.41, 5.74) is -1.01. The fourth-order valence-corrected chi connectivity index (χ4v) is 5.17. The van der Waals surface area contributed by atoms with E-state index in [9.17, 15) is 35.9 Å². The van der Waals surface area contributed by atoms with Crippen molar-refractivity contribution < 1.29 is 45.3 Å². The minimum atomic E-state index is -4.78. The van der Waals surface area contributed by atoms with Gasteiger partial charge in [-0.3, -0.25) is 4.79 Å². The van der Waals surface area contributed by atoms with Crippen LogP contribution in [0.3, 0.4) is 0 Å². The van der Waals surface area contributed by atoms with E-state index in [4.69, 9.17) is 4.74 Å². The van der Waals surface area contributed by atoms with Gasteiger partial charge in [-0.2, -0.15) is 23.3 Å². The maximum Gasteiger partial charge on any atom is 0.431 e. The highest BCUT2D eigenvalue weighted by atomic mass is 19.4. The molecule has 1 N–H and O–H groups in total. The number of aromatic nitrogens is 5. The van der Waals surface area contributed by atoms with Crippen LogP contribution in [-0.2, 0) is 4.74 Å². The van der Waals surface area contributed by atoms with Crippen molar-refractivity contribution >= 4 is 29.4 Å². The minimum absolute atomic E-state index is 0.0489. The summed E-state index contributed by atoms with van der Waals surface area (Å²) in [6.45, 7) is -0.952. The van der Waals surface area contributed by atoms with Crippen molar-refractivity contribution in [1.29, 1.82) is 0 Å². The number of halogens is 6. The summed E-state index contributed by atoms with van der Waals surface area (Å²) in [6.07, 6.45) is -1.70. The predicted octanol–water partition coefficient (Wildman–Crippen LogP) is 4.48. The molecule has 1 aliphatic carbocycles. The van der Waals surface area contributed by atoms with E-state index >= 15 is 0 Å². The SMILES string of the molecule is COC[C@H](c1cnn2cc([C@@H](NC(=O)c3nonc3/C=C\F)C3CCC(F)(F)CC3)nc2c1)N1CC(C(F)(F)F)=NC1=O. The third-order valence-electron chi connectivity index (χ3n) is 7.36. The molecular weight excluding hydrogens is 590 g/mol. The Kier molecular flexibility index (Phi) is 8.22. The molecule has 0 radical (unpaired) electrons. The van der Waals surface area contributed by atoms with Gasteiger partial charge in [-0.15, -0.1) is 0 Å². The van der Waals surface area contributed by atoms with E-state index in [1.807, 2.05) is 0 Å². The number of urea groups is 1. The lowest BCUT2D eigenvalue weighted by molar-refractivity contribution is -0.0603. The van der Waals surface area contributed by atoms with Crippen LogP contribution in [0.25, 0.3) is 11.7 Å². The molecule has 12 nitrogen and oxygen atoms in total. The summed E-state index contributed by atoms with van der Waals surface area (Å²) < 4.78 is 91.3. The average Bonchev–Trinajstić information content (AvgIpc) is 3.68. The largest absolute Gasteiger partial charge is 0.431 e. The van der Waals surface area contributed by atoms with Crippen molar-refractivity contribution in [2.75, 3.05) is 20.3 Å². The maximum atomic E-state index is 14.0. The summed E-state index contributed by atoms with van der Waals surface area (Å²) >= 11 is 0. The predicted molar refractivity (Wildman–Crippen MR) is 135 cm³/mol. The van der Waals surface area contributed by atoms with Crippen LogP contribution < -0.4 is 5.32 Å². The van der Waals surface area contributed by atoms with Crippen molar-refractivity contribution in [3.63, 3.8) is 0 Å². The molecule has 3 aromatic heterocycles. The van der Waals surface area contributed by atoms with E-state index < -0.39 is 67.1 Å². The van der Waals surface area contributed by atoms with E-state index in [-0.39, 0.29) is 48.5 Å². The number of fused-ring (bicyclic) bond motifs is 1. The molecule has 1 saturated carbocycles. The lowest BCUT2D eigenvalue weighted by atomic mass is 9.81. The Morgan fingerprint density at radius 1 is 1.28 bits per heavy atom. The number of nitrogens with zero attached hydrogens (tertiary/aromatic N) is 7. The van der Waals surface area contributed by atoms with Crippen LogP contribution in [0, 0.1) is 5.92 Å². The Bertz CT molecular complexity index is 1560. The number of rotatable bonds is 9. The van der Waals surface area contributed by atoms with Gasteiger partial charge < -0.3 is 15.0 Å². The van der Waals surface area contributed by atoms with Crippen LogP contribution in [0.2, 0.25) is 0 Å². The van der Waals surface area contributed by atoms with Crippen LogP contribution in [0.4, 0.5) is 31.1 Å². The average molecular weight is 615 g/mol. The first-order valence-electron chi connectivity index (χ1n) is 13.0. The highest BCUT2D eigenvalue weighted by Gasteiger charge is 2.44. The number of amides is 3. The van der Waals surface area contributed by atoms with Crippen molar-refractivity contribution in [2.45, 2.75) is 49.9 Å². The molecule has 0 aromatic carbocycles. The fraction of sp³-hybridized carbons (Fsp3) is 0.480. The van der Waals surface area contributed by atoms with E-state index in [0.717, 1.165) is 11.0 Å². The van der Waals surface area contributed by atoms with Crippen LogP contribution in [0.15, 0.2) is 34.4 Å². The van der Waals surface area contributed by atoms with Crippen LogP contribution in [-0.4, -0.2) is 79.8 Å².